The molecule has 0 fully saturated rings. The number of rotatable bonds is 6. The van der Waals surface area contributed by atoms with Crippen molar-refractivity contribution in [2.24, 2.45) is 5.73 Å². The van der Waals surface area contributed by atoms with E-state index in [4.69, 9.17) is 17.3 Å². The normalized spacial score (nSPS) is 13.4. The summed E-state index contributed by atoms with van der Waals surface area (Å²) in [5.41, 5.74) is 6.98. The molecule has 0 saturated heterocycles. The highest BCUT2D eigenvalue weighted by atomic mass is 35.5. The van der Waals surface area contributed by atoms with Crippen molar-refractivity contribution in [1.29, 1.82) is 0 Å². The predicted molar refractivity (Wildman–Crippen MR) is 74.4 cm³/mol. The van der Waals surface area contributed by atoms with Gasteiger partial charge in [-0.05, 0) is 32.8 Å². The zero-order valence-corrected chi connectivity index (χ0v) is 11.6. The molecule has 1 aromatic rings. The van der Waals surface area contributed by atoms with Crippen molar-refractivity contribution < 1.29 is 0 Å². The summed E-state index contributed by atoms with van der Waals surface area (Å²) in [5, 5.41) is 0.791. The van der Waals surface area contributed by atoms with Crippen molar-refractivity contribution in [2.45, 2.75) is 6.04 Å². The molecule has 0 heterocycles. The van der Waals surface area contributed by atoms with Crippen LogP contribution in [0.2, 0.25) is 5.02 Å². The van der Waals surface area contributed by atoms with Crippen molar-refractivity contribution in [3.63, 3.8) is 0 Å². The van der Waals surface area contributed by atoms with Gasteiger partial charge in [0.05, 0.1) is 0 Å². The van der Waals surface area contributed by atoms with E-state index in [0.29, 0.717) is 6.54 Å². The van der Waals surface area contributed by atoms with Crippen LogP contribution >= 0.6 is 11.6 Å². The van der Waals surface area contributed by atoms with Gasteiger partial charge in [0.1, 0.15) is 0 Å². The smallest absolute Gasteiger partial charge is 0.0482 e. The first-order chi connectivity index (χ1) is 8.06. The highest BCUT2D eigenvalue weighted by Crippen LogP contribution is 2.25. The van der Waals surface area contributed by atoms with Crippen LogP contribution in [0.4, 0.5) is 0 Å². The van der Waals surface area contributed by atoms with Gasteiger partial charge in [-0.2, -0.15) is 0 Å². The average Bonchev–Trinajstić information content (AvgIpc) is 2.30. The third-order valence-corrected chi connectivity index (χ3v) is 3.26. The first-order valence-electron chi connectivity index (χ1n) is 5.85. The maximum Gasteiger partial charge on any atom is 0.0482 e. The summed E-state index contributed by atoms with van der Waals surface area (Å²) >= 11 is 6.21. The third kappa shape index (κ3) is 4.28. The lowest BCUT2D eigenvalue weighted by molar-refractivity contribution is 0.223. The molecule has 17 heavy (non-hydrogen) atoms. The molecular formula is C13H22ClN3. The topological polar surface area (TPSA) is 32.5 Å². The Morgan fingerprint density at radius 1 is 1.18 bits per heavy atom. The molecule has 0 amide bonds. The number of hydrogen-bond acceptors (Lipinski definition) is 3. The van der Waals surface area contributed by atoms with E-state index >= 15 is 0 Å². The maximum absolute atomic E-state index is 6.21. The summed E-state index contributed by atoms with van der Waals surface area (Å²) in [4.78, 5) is 4.41. The van der Waals surface area contributed by atoms with Gasteiger partial charge in [0.25, 0.3) is 0 Å². The standard InChI is InChI=1S/C13H22ClN3/c1-16(2)8-9-17(3)13(10-15)11-6-4-5-7-12(11)14/h4-7,13H,8-10,15H2,1-3H3. The molecule has 1 rings (SSSR count). The number of hydrogen-bond donors (Lipinski definition) is 1. The molecule has 96 valence electrons. The van der Waals surface area contributed by atoms with Crippen molar-refractivity contribution in [3.05, 3.63) is 34.9 Å². The van der Waals surface area contributed by atoms with Gasteiger partial charge in [0.15, 0.2) is 0 Å². The average molecular weight is 256 g/mol. The summed E-state index contributed by atoms with van der Waals surface area (Å²) in [6.07, 6.45) is 0. The summed E-state index contributed by atoms with van der Waals surface area (Å²) < 4.78 is 0. The van der Waals surface area contributed by atoms with E-state index in [0.717, 1.165) is 23.7 Å². The second-order valence-electron chi connectivity index (χ2n) is 4.56. The van der Waals surface area contributed by atoms with E-state index in [1.165, 1.54) is 0 Å². The lowest BCUT2D eigenvalue weighted by Crippen LogP contribution is -2.35. The van der Waals surface area contributed by atoms with Crippen molar-refractivity contribution in [1.82, 2.24) is 9.80 Å². The molecule has 0 aromatic heterocycles. The Kier molecular flexibility index (Phi) is 5.92. The van der Waals surface area contributed by atoms with Gasteiger partial charge in [-0.3, -0.25) is 4.90 Å². The first kappa shape index (κ1) is 14.5. The number of halogens is 1. The number of likely N-dealkylation sites (N-methyl/N-ethyl adjacent to an activating group) is 2. The fourth-order valence-electron chi connectivity index (χ4n) is 1.80. The van der Waals surface area contributed by atoms with E-state index in [1.54, 1.807) is 0 Å². The maximum atomic E-state index is 6.21. The second-order valence-corrected chi connectivity index (χ2v) is 4.96. The van der Waals surface area contributed by atoms with E-state index in [2.05, 4.69) is 30.9 Å². The molecule has 3 nitrogen and oxygen atoms in total. The largest absolute Gasteiger partial charge is 0.329 e. The van der Waals surface area contributed by atoms with Gasteiger partial charge >= 0.3 is 0 Å². The Bertz CT molecular complexity index is 341. The Morgan fingerprint density at radius 3 is 2.35 bits per heavy atom. The molecular weight excluding hydrogens is 234 g/mol. The fourth-order valence-corrected chi connectivity index (χ4v) is 2.06. The molecule has 0 aliphatic heterocycles. The number of benzene rings is 1. The minimum absolute atomic E-state index is 0.184. The Labute approximate surface area is 109 Å². The number of nitrogens with two attached hydrogens (primary N) is 1. The van der Waals surface area contributed by atoms with Gasteiger partial charge in [-0.15, -0.1) is 0 Å². The third-order valence-electron chi connectivity index (χ3n) is 2.92. The van der Waals surface area contributed by atoms with Crippen LogP contribution in [0.25, 0.3) is 0 Å². The molecule has 2 N–H and O–H groups in total. The molecule has 0 saturated carbocycles. The van der Waals surface area contributed by atoms with Crippen LogP contribution in [0, 0.1) is 0 Å². The van der Waals surface area contributed by atoms with Gasteiger partial charge in [0.2, 0.25) is 0 Å². The molecule has 0 radical (unpaired) electrons. The Morgan fingerprint density at radius 2 is 1.82 bits per heavy atom. The first-order valence-corrected chi connectivity index (χ1v) is 6.23. The van der Waals surface area contributed by atoms with E-state index < -0.39 is 0 Å². The van der Waals surface area contributed by atoms with E-state index in [1.807, 2.05) is 24.3 Å². The summed E-state index contributed by atoms with van der Waals surface area (Å²) in [7, 11) is 6.23. The lowest BCUT2D eigenvalue weighted by Gasteiger charge is -2.29. The van der Waals surface area contributed by atoms with Crippen LogP contribution in [0.1, 0.15) is 11.6 Å². The summed E-state index contributed by atoms with van der Waals surface area (Å²) in [6, 6.07) is 8.09. The molecule has 0 aliphatic rings. The molecule has 1 unspecified atom stereocenters. The van der Waals surface area contributed by atoms with Crippen LogP contribution in [-0.4, -0.2) is 50.6 Å². The van der Waals surface area contributed by atoms with Gasteiger partial charge in [-0.1, -0.05) is 29.8 Å². The molecule has 0 bridgehead atoms. The van der Waals surface area contributed by atoms with Gasteiger partial charge < -0.3 is 10.6 Å². The quantitative estimate of drug-likeness (QED) is 0.842. The SMILES string of the molecule is CN(C)CCN(C)C(CN)c1ccccc1Cl. The Balaban J connectivity index is 2.74. The predicted octanol–water partition coefficient (Wildman–Crippen LogP) is 1.83. The fraction of sp³-hybridized carbons (Fsp3) is 0.538. The minimum atomic E-state index is 0.184. The highest BCUT2D eigenvalue weighted by Gasteiger charge is 2.17. The second kappa shape index (κ2) is 6.97. The summed E-state index contributed by atoms with van der Waals surface area (Å²) in [5.74, 6) is 0. The zero-order valence-electron chi connectivity index (χ0n) is 10.9. The van der Waals surface area contributed by atoms with Crippen molar-refractivity contribution in [2.75, 3.05) is 40.8 Å². The highest BCUT2D eigenvalue weighted by molar-refractivity contribution is 6.31. The van der Waals surface area contributed by atoms with Crippen LogP contribution in [0.3, 0.4) is 0 Å². The van der Waals surface area contributed by atoms with Crippen molar-refractivity contribution >= 4 is 11.6 Å². The molecule has 4 heteroatoms. The molecule has 0 aliphatic carbocycles. The lowest BCUT2D eigenvalue weighted by atomic mass is 10.1. The Hall–Kier alpha value is -0.610. The van der Waals surface area contributed by atoms with Crippen LogP contribution < -0.4 is 5.73 Å². The van der Waals surface area contributed by atoms with Crippen LogP contribution in [0.15, 0.2) is 24.3 Å². The van der Waals surface area contributed by atoms with Crippen molar-refractivity contribution in [3.8, 4) is 0 Å². The molecule has 1 atom stereocenters. The molecule has 0 spiro atoms. The van der Waals surface area contributed by atoms with Gasteiger partial charge in [-0.25, -0.2) is 0 Å². The summed E-state index contributed by atoms with van der Waals surface area (Å²) in [6.45, 7) is 2.56. The van der Waals surface area contributed by atoms with Crippen LogP contribution in [-0.2, 0) is 0 Å². The minimum Gasteiger partial charge on any atom is -0.329 e. The molecule has 1 aromatic carbocycles. The number of nitrogens with zero attached hydrogens (tertiary/aromatic N) is 2. The van der Waals surface area contributed by atoms with E-state index in [9.17, 15) is 0 Å². The van der Waals surface area contributed by atoms with Gasteiger partial charge in [0, 0.05) is 30.7 Å². The zero-order chi connectivity index (χ0) is 12.8. The monoisotopic (exact) mass is 255 g/mol. The van der Waals surface area contributed by atoms with E-state index in [-0.39, 0.29) is 6.04 Å². The van der Waals surface area contributed by atoms with Crippen LogP contribution in [0.5, 0.6) is 0 Å².